The number of anilines is 2. The van der Waals surface area contributed by atoms with Crippen molar-refractivity contribution in [2.24, 2.45) is 0 Å². The van der Waals surface area contributed by atoms with Gasteiger partial charge in [0.05, 0.1) is 24.1 Å². The summed E-state index contributed by atoms with van der Waals surface area (Å²) in [6, 6.07) is 11.0. The van der Waals surface area contributed by atoms with Gasteiger partial charge in [-0.15, -0.1) is 0 Å². The summed E-state index contributed by atoms with van der Waals surface area (Å²) in [5.74, 6) is 0.0808. The number of amides is 1. The first-order valence-electron chi connectivity index (χ1n) is 10.7. The van der Waals surface area contributed by atoms with Crippen molar-refractivity contribution in [3.8, 4) is 6.07 Å². The largest absolute Gasteiger partial charge is 0.365 e. The highest BCUT2D eigenvalue weighted by Gasteiger charge is 2.54. The average Bonchev–Trinajstić information content (AvgIpc) is 3.65. The molecular weight excluding hydrogens is 362 g/mol. The molecule has 0 unspecified atom stereocenters. The third kappa shape index (κ3) is 4.09. The van der Waals surface area contributed by atoms with Crippen LogP contribution in [0.15, 0.2) is 47.6 Å². The fraction of sp³-hybridized carbons (Fsp3) is 0.500. The molecule has 1 aliphatic heterocycles. The summed E-state index contributed by atoms with van der Waals surface area (Å²) in [5.41, 5.74) is 3.08. The molecule has 29 heavy (non-hydrogen) atoms. The fourth-order valence-electron chi connectivity index (χ4n) is 4.09. The number of nitrogens with zero attached hydrogens (tertiary/aromatic N) is 3. The summed E-state index contributed by atoms with van der Waals surface area (Å²) in [5, 5.41) is 9.06. The number of benzene rings is 1. The van der Waals surface area contributed by atoms with Gasteiger partial charge in [-0.3, -0.25) is 4.79 Å². The normalized spacial score (nSPS) is 20.9. The summed E-state index contributed by atoms with van der Waals surface area (Å²) < 4.78 is 6.19. The molecule has 0 saturated heterocycles. The molecule has 152 valence electrons. The highest BCUT2D eigenvalue weighted by molar-refractivity contribution is 6.04. The lowest BCUT2D eigenvalue weighted by Crippen LogP contribution is -2.50. The maximum Gasteiger partial charge on any atom is 0.259 e. The van der Waals surface area contributed by atoms with Crippen LogP contribution in [0, 0.1) is 11.3 Å². The highest BCUT2D eigenvalue weighted by atomic mass is 16.5. The molecule has 1 aromatic carbocycles. The maximum atomic E-state index is 13.5. The van der Waals surface area contributed by atoms with E-state index >= 15 is 0 Å². The van der Waals surface area contributed by atoms with Gasteiger partial charge in [0, 0.05) is 24.7 Å². The van der Waals surface area contributed by atoms with Gasteiger partial charge in [-0.1, -0.05) is 25.1 Å². The molecule has 0 atom stereocenters. The molecule has 2 aliphatic carbocycles. The van der Waals surface area contributed by atoms with Gasteiger partial charge in [0.25, 0.3) is 5.91 Å². The Morgan fingerprint density at radius 2 is 2.00 bits per heavy atom. The minimum Gasteiger partial charge on any atom is -0.365 e. The quantitative estimate of drug-likeness (QED) is 0.512. The number of nitriles is 1. The molecule has 0 radical (unpaired) electrons. The Hall–Kier alpha value is -2.58. The van der Waals surface area contributed by atoms with Crippen molar-refractivity contribution >= 4 is 17.3 Å². The van der Waals surface area contributed by atoms with E-state index in [0.717, 1.165) is 37.1 Å². The Kier molecular flexibility index (Phi) is 5.47. The highest BCUT2D eigenvalue weighted by Crippen LogP contribution is 2.46. The summed E-state index contributed by atoms with van der Waals surface area (Å²) in [4.78, 5) is 17.9. The summed E-state index contributed by atoms with van der Waals surface area (Å²) in [6.07, 6.45) is 8.80. The second-order valence-corrected chi connectivity index (χ2v) is 8.28. The minimum absolute atomic E-state index is 0.0808. The molecule has 4 rings (SSSR count). The number of fused-ring (bicyclic) bond motifs is 1. The number of carbonyl (C=O) groups is 1. The predicted octanol–water partition coefficient (Wildman–Crippen LogP) is 4.36. The molecule has 5 heteroatoms. The van der Waals surface area contributed by atoms with E-state index in [1.165, 1.54) is 18.5 Å². The lowest BCUT2D eigenvalue weighted by atomic mass is 10.1. The molecule has 0 bridgehead atoms. The van der Waals surface area contributed by atoms with Gasteiger partial charge < -0.3 is 14.5 Å². The van der Waals surface area contributed by atoms with Crippen LogP contribution in [-0.2, 0) is 9.53 Å². The van der Waals surface area contributed by atoms with E-state index in [9.17, 15) is 4.79 Å². The molecule has 2 saturated carbocycles. The van der Waals surface area contributed by atoms with E-state index in [-0.39, 0.29) is 5.91 Å². The van der Waals surface area contributed by atoms with Crippen LogP contribution in [0.25, 0.3) is 0 Å². The number of carbonyl (C=O) groups excluding carboxylic acids is 1. The van der Waals surface area contributed by atoms with Crippen molar-refractivity contribution in [1.29, 1.82) is 5.26 Å². The monoisotopic (exact) mass is 391 g/mol. The van der Waals surface area contributed by atoms with Gasteiger partial charge in [-0.2, -0.15) is 5.26 Å². The smallest absolute Gasteiger partial charge is 0.259 e. The standard InChI is InChI=1S/C24H29N3O2/c1-3-6-19(15-18(2)16-25)17-29-24(11-12-24)23(28)27-14-13-26(20-9-10-20)21-7-4-5-8-22(21)27/h4-8,15,20H,3,9-14,17H2,1-2H3/b18-15+,19-6+. The zero-order valence-corrected chi connectivity index (χ0v) is 17.4. The molecule has 0 aromatic heterocycles. The van der Waals surface area contributed by atoms with Crippen LogP contribution in [0.3, 0.4) is 0 Å². The topological polar surface area (TPSA) is 56.6 Å². The van der Waals surface area contributed by atoms with Gasteiger partial charge in [0.15, 0.2) is 0 Å². The molecule has 1 heterocycles. The minimum atomic E-state index is -0.712. The molecule has 0 N–H and O–H groups in total. The second-order valence-electron chi connectivity index (χ2n) is 8.28. The number of hydrogen-bond donors (Lipinski definition) is 0. The van der Waals surface area contributed by atoms with E-state index in [2.05, 4.69) is 42.2 Å². The van der Waals surface area contributed by atoms with Gasteiger partial charge >= 0.3 is 0 Å². The molecule has 5 nitrogen and oxygen atoms in total. The predicted molar refractivity (Wildman–Crippen MR) is 115 cm³/mol. The average molecular weight is 392 g/mol. The SMILES string of the molecule is CC/C=C(\C=C(/C)C#N)COC1(C(=O)N2CCN(C3CC3)c3ccccc32)CC1. The van der Waals surface area contributed by atoms with E-state index in [0.29, 0.717) is 24.8 Å². The summed E-state index contributed by atoms with van der Waals surface area (Å²) in [6.45, 7) is 5.81. The first kappa shape index (κ1) is 19.7. The van der Waals surface area contributed by atoms with E-state index in [1.54, 1.807) is 6.92 Å². The number of hydrogen-bond acceptors (Lipinski definition) is 4. The Morgan fingerprint density at radius 1 is 1.28 bits per heavy atom. The maximum absolute atomic E-state index is 13.5. The Labute approximate surface area is 173 Å². The lowest BCUT2D eigenvalue weighted by molar-refractivity contribution is -0.132. The van der Waals surface area contributed by atoms with Crippen LogP contribution in [0.1, 0.15) is 46.0 Å². The zero-order chi connectivity index (χ0) is 20.4. The van der Waals surface area contributed by atoms with E-state index in [1.807, 2.05) is 17.0 Å². The number of ether oxygens (including phenoxy) is 1. The lowest BCUT2D eigenvalue weighted by Gasteiger charge is -2.39. The van der Waals surface area contributed by atoms with Crippen molar-refractivity contribution in [2.45, 2.75) is 57.6 Å². The molecular formula is C24H29N3O2. The van der Waals surface area contributed by atoms with Gasteiger partial charge in [-0.05, 0) is 62.8 Å². The summed E-state index contributed by atoms with van der Waals surface area (Å²) >= 11 is 0. The Morgan fingerprint density at radius 3 is 2.62 bits per heavy atom. The summed E-state index contributed by atoms with van der Waals surface area (Å²) in [7, 11) is 0. The molecule has 3 aliphatic rings. The second kappa shape index (κ2) is 8.04. The van der Waals surface area contributed by atoms with Crippen molar-refractivity contribution in [3.05, 3.63) is 47.6 Å². The van der Waals surface area contributed by atoms with Gasteiger partial charge in [-0.25, -0.2) is 0 Å². The fourth-order valence-corrected chi connectivity index (χ4v) is 4.09. The Balaban J connectivity index is 1.50. The van der Waals surface area contributed by atoms with Crippen molar-refractivity contribution < 1.29 is 9.53 Å². The number of para-hydroxylation sites is 2. The van der Waals surface area contributed by atoms with Crippen LogP contribution >= 0.6 is 0 Å². The van der Waals surface area contributed by atoms with Gasteiger partial charge in [0.2, 0.25) is 0 Å². The van der Waals surface area contributed by atoms with Crippen LogP contribution in [0.4, 0.5) is 11.4 Å². The number of allylic oxidation sites excluding steroid dienone is 2. The third-order valence-corrected chi connectivity index (χ3v) is 5.93. The third-order valence-electron chi connectivity index (χ3n) is 5.93. The van der Waals surface area contributed by atoms with Crippen LogP contribution in [-0.4, -0.2) is 37.2 Å². The molecule has 2 fully saturated rings. The van der Waals surface area contributed by atoms with Crippen LogP contribution < -0.4 is 9.80 Å². The zero-order valence-electron chi connectivity index (χ0n) is 17.4. The number of rotatable bonds is 7. The van der Waals surface area contributed by atoms with Crippen molar-refractivity contribution in [3.63, 3.8) is 0 Å². The van der Waals surface area contributed by atoms with Crippen LogP contribution in [0.2, 0.25) is 0 Å². The van der Waals surface area contributed by atoms with E-state index in [4.69, 9.17) is 10.00 Å². The Bertz CT molecular complexity index is 888. The molecule has 1 amide bonds. The molecule has 0 spiro atoms. The van der Waals surface area contributed by atoms with Crippen LogP contribution in [0.5, 0.6) is 0 Å². The van der Waals surface area contributed by atoms with Crippen molar-refractivity contribution in [1.82, 2.24) is 0 Å². The molecule has 1 aromatic rings. The first-order valence-corrected chi connectivity index (χ1v) is 10.7. The van der Waals surface area contributed by atoms with E-state index < -0.39 is 5.60 Å². The van der Waals surface area contributed by atoms with Gasteiger partial charge in [0.1, 0.15) is 5.60 Å². The first-order chi connectivity index (χ1) is 14.1. The van der Waals surface area contributed by atoms with Crippen molar-refractivity contribution in [2.75, 3.05) is 29.5 Å².